The van der Waals surface area contributed by atoms with Crippen molar-refractivity contribution in [1.82, 2.24) is 0 Å². The molecule has 0 aliphatic heterocycles. The third-order valence-electron chi connectivity index (χ3n) is 2.08. The van der Waals surface area contributed by atoms with E-state index in [1.54, 1.807) is 11.3 Å². The molecule has 1 atom stereocenters. The van der Waals surface area contributed by atoms with E-state index in [1.165, 1.54) is 4.88 Å². The van der Waals surface area contributed by atoms with E-state index in [-0.39, 0.29) is 0 Å². The molecule has 1 unspecified atom stereocenters. The number of halogens is 1. The van der Waals surface area contributed by atoms with Gasteiger partial charge in [0.1, 0.15) is 0 Å². The standard InChI is InChI=1S/C11H17BrOS/c1-8(2)6-11(3,13)7-10-9(12)4-5-14-10/h4-5,8,13H,6-7H2,1-3H3. The summed E-state index contributed by atoms with van der Waals surface area (Å²) >= 11 is 5.18. The van der Waals surface area contributed by atoms with Crippen LogP contribution >= 0.6 is 27.3 Å². The van der Waals surface area contributed by atoms with Gasteiger partial charge in [-0.3, -0.25) is 0 Å². The van der Waals surface area contributed by atoms with Gasteiger partial charge in [0.05, 0.1) is 5.60 Å². The van der Waals surface area contributed by atoms with Crippen molar-refractivity contribution in [2.24, 2.45) is 5.92 Å². The van der Waals surface area contributed by atoms with Crippen molar-refractivity contribution >= 4 is 27.3 Å². The Balaban J connectivity index is 2.63. The van der Waals surface area contributed by atoms with E-state index in [0.717, 1.165) is 17.3 Å². The second-order valence-electron chi connectivity index (χ2n) is 4.46. The topological polar surface area (TPSA) is 20.2 Å². The Labute approximate surface area is 98.3 Å². The van der Waals surface area contributed by atoms with Gasteiger partial charge in [-0.25, -0.2) is 0 Å². The molecule has 1 nitrogen and oxygen atoms in total. The predicted molar refractivity (Wildman–Crippen MR) is 65.8 cm³/mol. The highest BCUT2D eigenvalue weighted by atomic mass is 79.9. The Bertz CT molecular complexity index is 291. The van der Waals surface area contributed by atoms with Crippen LogP contribution in [0, 0.1) is 5.92 Å². The maximum absolute atomic E-state index is 10.2. The summed E-state index contributed by atoms with van der Waals surface area (Å²) < 4.78 is 1.12. The Hall–Kier alpha value is 0.140. The van der Waals surface area contributed by atoms with Gasteiger partial charge in [0.25, 0.3) is 0 Å². The molecule has 1 N–H and O–H groups in total. The summed E-state index contributed by atoms with van der Waals surface area (Å²) in [5.74, 6) is 0.531. The lowest BCUT2D eigenvalue weighted by atomic mass is 9.91. The van der Waals surface area contributed by atoms with Crippen molar-refractivity contribution in [2.45, 2.75) is 39.2 Å². The van der Waals surface area contributed by atoms with Crippen LogP contribution in [0.2, 0.25) is 0 Å². The van der Waals surface area contributed by atoms with Crippen molar-refractivity contribution in [3.8, 4) is 0 Å². The summed E-state index contributed by atoms with van der Waals surface area (Å²) in [5, 5.41) is 12.2. The lowest BCUT2D eigenvalue weighted by molar-refractivity contribution is 0.0394. The lowest BCUT2D eigenvalue weighted by Gasteiger charge is -2.24. The molecule has 1 aromatic rings. The van der Waals surface area contributed by atoms with Gasteiger partial charge < -0.3 is 5.11 Å². The van der Waals surface area contributed by atoms with Crippen LogP contribution in [0.15, 0.2) is 15.9 Å². The van der Waals surface area contributed by atoms with Crippen molar-refractivity contribution in [1.29, 1.82) is 0 Å². The maximum atomic E-state index is 10.2. The number of thiophene rings is 1. The summed E-state index contributed by atoms with van der Waals surface area (Å²) in [5.41, 5.74) is -0.582. The van der Waals surface area contributed by atoms with Crippen LogP contribution in [0.5, 0.6) is 0 Å². The maximum Gasteiger partial charge on any atom is 0.0670 e. The highest BCUT2D eigenvalue weighted by Gasteiger charge is 2.23. The van der Waals surface area contributed by atoms with Gasteiger partial charge in [-0.2, -0.15) is 0 Å². The fraction of sp³-hybridized carbons (Fsp3) is 0.636. The number of rotatable bonds is 4. The minimum absolute atomic E-state index is 0.531. The molecule has 0 aromatic carbocycles. The zero-order chi connectivity index (χ0) is 10.8. The SMILES string of the molecule is CC(C)CC(C)(O)Cc1sccc1Br. The highest BCUT2D eigenvalue weighted by Crippen LogP contribution is 2.29. The van der Waals surface area contributed by atoms with Crippen LogP contribution in [-0.2, 0) is 6.42 Å². The normalized spacial score (nSPS) is 15.9. The zero-order valence-corrected chi connectivity index (χ0v) is 11.3. The number of hydrogen-bond acceptors (Lipinski definition) is 2. The first kappa shape index (κ1) is 12.2. The van der Waals surface area contributed by atoms with Crippen LogP contribution in [0.1, 0.15) is 32.1 Å². The van der Waals surface area contributed by atoms with Crippen molar-refractivity contribution in [2.75, 3.05) is 0 Å². The first-order valence-electron chi connectivity index (χ1n) is 4.85. The lowest BCUT2D eigenvalue weighted by Crippen LogP contribution is -2.28. The molecule has 1 rings (SSSR count). The van der Waals surface area contributed by atoms with E-state index in [1.807, 2.05) is 18.4 Å². The Kier molecular flexibility index (Phi) is 4.16. The Morgan fingerprint density at radius 2 is 2.21 bits per heavy atom. The van der Waals surface area contributed by atoms with Gasteiger partial charge in [-0.1, -0.05) is 13.8 Å². The Morgan fingerprint density at radius 3 is 2.64 bits per heavy atom. The quantitative estimate of drug-likeness (QED) is 0.886. The average Bonchev–Trinajstić information content (AvgIpc) is 2.32. The van der Waals surface area contributed by atoms with Crippen LogP contribution in [-0.4, -0.2) is 10.7 Å². The molecule has 0 bridgehead atoms. The predicted octanol–water partition coefficient (Wildman–Crippen LogP) is 3.85. The van der Waals surface area contributed by atoms with Gasteiger partial charge in [0.2, 0.25) is 0 Å². The molecule has 0 fully saturated rings. The average molecular weight is 277 g/mol. The second-order valence-corrected chi connectivity index (χ2v) is 6.32. The Morgan fingerprint density at radius 1 is 1.57 bits per heavy atom. The number of hydrogen-bond donors (Lipinski definition) is 1. The molecule has 0 aliphatic carbocycles. The van der Waals surface area contributed by atoms with E-state index in [4.69, 9.17) is 0 Å². The molecule has 0 saturated carbocycles. The molecular formula is C11H17BrOS. The first-order valence-corrected chi connectivity index (χ1v) is 6.52. The van der Waals surface area contributed by atoms with E-state index < -0.39 is 5.60 Å². The molecule has 3 heteroatoms. The third kappa shape index (κ3) is 3.71. The summed E-state index contributed by atoms with van der Waals surface area (Å²) in [6.45, 7) is 6.19. The van der Waals surface area contributed by atoms with Crippen molar-refractivity contribution < 1.29 is 5.11 Å². The summed E-state index contributed by atoms with van der Waals surface area (Å²) in [4.78, 5) is 1.23. The molecule has 1 heterocycles. The molecule has 0 spiro atoms. The van der Waals surface area contributed by atoms with Gasteiger partial charge >= 0.3 is 0 Å². The van der Waals surface area contributed by atoms with E-state index in [9.17, 15) is 5.11 Å². The summed E-state index contributed by atoms with van der Waals surface area (Å²) in [6.07, 6.45) is 1.58. The monoisotopic (exact) mass is 276 g/mol. The molecule has 0 radical (unpaired) electrons. The van der Waals surface area contributed by atoms with Crippen LogP contribution in [0.4, 0.5) is 0 Å². The van der Waals surface area contributed by atoms with Crippen LogP contribution < -0.4 is 0 Å². The van der Waals surface area contributed by atoms with Crippen LogP contribution in [0.25, 0.3) is 0 Å². The molecule has 0 amide bonds. The van der Waals surface area contributed by atoms with E-state index >= 15 is 0 Å². The minimum atomic E-state index is -0.582. The molecule has 80 valence electrons. The summed E-state index contributed by atoms with van der Waals surface area (Å²) in [6, 6.07) is 2.03. The largest absolute Gasteiger partial charge is 0.390 e. The van der Waals surface area contributed by atoms with Crippen LogP contribution in [0.3, 0.4) is 0 Å². The number of aliphatic hydroxyl groups is 1. The van der Waals surface area contributed by atoms with Gasteiger partial charge in [-0.05, 0) is 46.6 Å². The molecule has 1 aromatic heterocycles. The third-order valence-corrected chi connectivity index (χ3v) is 4.01. The zero-order valence-electron chi connectivity index (χ0n) is 8.88. The van der Waals surface area contributed by atoms with Crippen molar-refractivity contribution in [3.05, 3.63) is 20.8 Å². The van der Waals surface area contributed by atoms with Gasteiger partial charge in [0.15, 0.2) is 0 Å². The van der Waals surface area contributed by atoms with Crippen molar-refractivity contribution in [3.63, 3.8) is 0 Å². The second kappa shape index (κ2) is 4.77. The fourth-order valence-electron chi connectivity index (χ4n) is 1.75. The summed E-state index contributed by atoms with van der Waals surface area (Å²) in [7, 11) is 0. The van der Waals surface area contributed by atoms with E-state index in [0.29, 0.717) is 5.92 Å². The minimum Gasteiger partial charge on any atom is -0.390 e. The van der Waals surface area contributed by atoms with E-state index in [2.05, 4.69) is 29.8 Å². The van der Waals surface area contributed by atoms with Gasteiger partial charge in [0, 0.05) is 15.8 Å². The van der Waals surface area contributed by atoms with Gasteiger partial charge in [-0.15, -0.1) is 11.3 Å². The smallest absolute Gasteiger partial charge is 0.0670 e. The molecule has 14 heavy (non-hydrogen) atoms. The molecule has 0 aliphatic rings. The first-order chi connectivity index (χ1) is 6.41. The molecular weight excluding hydrogens is 260 g/mol. The fourth-order valence-corrected chi connectivity index (χ4v) is 3.42. The molecule has 0 saturated heterocycles. The highest BCUT2D eigenvalue weighted by molar-refractivity contribution is 9.10.